The lowest BCUT2D eigenvalue weighted by atomic mass is 10.1. The third kappa shape index (κ3) is 3.41. The first-order chi connectivity index (χ1) is 9.56. The van der Waals surface area contributed by atoms with Crippen molar-refractivity contribution in [2.75, 3.05) is 34.0 Å². The van der Waals surface area contributed by atoms with Gasteiger partial charge in [-0.3, -0.25) is 0 Å². The second kappa shape index (κ2) is 6.43. The molecule has 1 aromatic rings. The van der Waals surface area contributed by atoms with Gasteiger partial charge >= 0.3 is 0 Å². The van der Waals surface area contributed by atoms with E-state index in [1.807, 2.05) is 0 Å². The molecular formula is C13H19NO5S. The fraction of sp³-hybridized carbons (Fsp3) is 0.538. The van der Waals surface area contributed by atoms with Gasteiger partial charge in [0.25, 0.3) is 0 Å². The maximum atomic E-state index is 12.2. The first-order valence-corrected chi connectivity index (χ1v) is 7.84. The van der Waals surface area contributed by atoms with Gasteiger partial charge in [0, 0.05) is 19.2 Å². The number of benzene rings is 1. The standard InChI is InChI=1S/C13H19NO5S/c1-17-12-4-3-11(7-13(12)18-2)20(15,16)14-8-10-5-6-19-9-10/h3-4,7,10,14H,5-6,8-9H2,1-2H3/t10-/m1/s1. The fourth-order valence-corrected chi connectivity index (χ4v) is 3.17. The van der Waals surface area contributed by atoms with E-state index in [-0.39, 0.29) is 10.8 Å². The molecule has 0 radical (unpaired) electrons. The van der Waals surface area contributed by atoms with Crippen LogP contribution in [0, 0.1) is 5.92 Å². The Hall–Kier alpha value is -1.31. The Balaban J connectivity index is 2.11. The second-order valence-electron chi connectivity index (χ2n) is 4.60. The van der Waals surface area contributed by atoms with Crippen LogP contribution in [0.5, 0.6) is 11.5 Å². The molecule has 2 rings (SSSR count). The maximum Gasteiger partial charge on any atom is 0.240 e. The molecule has 0 bridgehead atoms. The zero-order chi connectivity index (χ0) is 14.6. The lowest BCUT2D eigenvalue weighted by Crippen LogP contribution is -2.29. The van der Waals surface area contributed by atoms with E-state index in [1.165, 1.54) is 26.4 Å². The van der Waals surface area contributed by atoms with Crippen LogP contribution in [0.25, 0.3) is 0 Å². The molecule has 1 fully saturated rings. The molecule has 1 aliphatic heterocycles. The van der Waals surface area contributed by atoms with Crippen molar-refractivity contribution >= 4 is 10.0 Å². The molecule has 0 unspecified atom stereocenters. The molecule has 6 nitrogen and oxygen atoms in total. The minimum atomic E-state index is -3.55. The highest BCUT2D eigenvalue weighted by Crippen LogP contribution is 2.29. The van der Waals surface area contributed by atoms with E-state index in [0.717, 1.165) is 6.42 Å². The van der Waals surface area contributed by atoms with Crippen molar-refractivity contribution < 1.29 is 22.6 Å². The maximum absolute atomic E-state index is 12.2. The van der Waals surface area contributed by atoms with Gasteiger partial charge in [0.05, 0.1) is 25.7 Å². The Morgan fingerprint density at radius 2 is 2.05 bits per heavy atom. The molecule has 1 heterocycles. The molecule has 0 saturated carbocycles. The predicted octanol–water partition coefficient (Wildman–Crippen LogP) is 1.02. The van der Waals surface area contributed by atoms with Gasteiger partial charge in [-0.1, -0.05) is 0 Å². The summed E-state index contributed by atoms with van der Waals surface area (Å²) in [5.74, 6) is 1.13. The zero-order valence-corrected chi connectivity index (χ0v) is 12.4. The Bertz CT molecular complexity index is 552. The smallest absolute Gasteiger partial charge is 0.240 e. The third-order valence-electron chi connectivity index (χ3n) is 3.25. The molecule has 1 N–H and O–H groups in total. The van der Waals surface area contributed by atoms with Crippen LogP contribution in [-0.2, 0) is 14.8 Å². The molecule has 1 aromatic carbocycles. The van der Waals surface area contributed by atoms with Gasteiger partial charge in [-0.2, -0.15) is 0 Å². The van der Waals surface area contributed by atoms with Crippen molar-refractivity contribution in [2.24, 2.45) is 5.92 Å². The molecule has 0 aromatic heterocycles. The van der Waals surface area contributed by atoms with Crippen molar-refractivity contribution in [3.05, 3.63) is 18.2 Å². The number of nitrogens with one attached hydrogen (secondary N) is 1. The Morgan fingerprint density at radius 1 is 1.30 bits per heavy atom. The van der Waals surface area contributed by atoms with Crippen LogP contribution in [-0.4, -0.2) is 42.4 Å². The summed E-state index contributed by atoms with van der Waals surface area (Å²) in [6.45, 7) is 1.69. The van der Waals surface area contributed by atoms with E-state index in [4.69, 9.17) is 14.2 Å². The fourth-order valence-electron chi connectivity index (χ4n) is 2.04. The molecule has 0 amide bonds. The van der Waals surface area contributed by atoms with E-state index in [9.17, 15) is 8.42 Å². The minimum absolute atomic E-state index is 0.161. The molecular weight excluding hydrogens is 282 g/mol. The molecule has 7 heteroatoms. The van der Waals surface area contributed by atoms with Crippen molar-refractivity contribution in [1.29, 1.82) is 0 Å². The summed E-state index contributed by atoms with van der Waals surface area (Å²) in [7, 11) is -0.572. The van der Waals surface area contributed by atoms with E-state index < -0.39 is 10.0 Å². The summed E-state index contributed by atoms with van der Waals surface area (Å²) in [5, 5.41) is 0. The lowest BCUT2D eigenvalue weighted by molar-refractivity contribution is 0.186. The van der Waals surface area contributed by atoms with Gasteiger partial charge < -0.3 is 14.2 Å². The van der Waals surface area contributed by atoms with Gasteiger partial charge in [0.2, 0.25) is 10.0 Å². The van der Waals surface area contributed by atoms with Gasteiger partial charge in [-0.25, -0.2) is 13.1 Å². The number of hydrogen-bond donors (Lipinski definition) is 1. The quantitative estimate of drug-likeness (QED) is 0.849. The largest absolute Gasteiger partial charge is 0.493 e. The molecule has 0 spiro atoms. The number of hydrogen-bond acceptors (Lipinski definition) is 5. The second-order valence-corrected chi connectivity index (χ2v) is 6.37. The number of rotatable bonds is 6. The average Bonchev–Trinajstić information content (AvgIpc) is 2.97. The zero-order valence-electron chi connectivity index (χ0n) is 11.6. The molecule has 0 aliphatic carbocycles. The first-order valence-electron chi connectivity index (χ1n) is 6.36. The van der Waals surface area contributed by atoms with Crippen molar-refractivity contribution in [1.82, 2.24) is 4.72 Å². The van der Waals surface area contributed by atoms with E-state index >= 15 is 0 Å². The molecule has 112 valence electrons. The van der Waals surface area contributed by atoms with Crippen LogP contribution in [0.1, 0.15) is 6.42 Å². The number of methoxy groups -OCH3 is 2. The monoisotopic (exact) mass is 301 g/mol. The lowest BCUT2D eigenvalue weighted by Gasteiger charge is -2.12. The van der Waals surface area contributed by atoms with Crippen LogP contribution in [0.4, 0.5) is 0 Å². The minimum Gasteiger partial charge on any atom is -0.493 e. The highest BCUT2D eigenvalue weighted by Gasteiger charge is 2.21. The molecule has 1 saturated heterocycles. The molecule has 1 atom stereocenters. The first kappa shape index (κ1) is 15.1. The average molecular weight is 301 g/mol. The molecule has 1 aliphatic rings. The van der Waals surface area contributed by atoms with Crippen LogP contribution in [0.2, 0.25) is 0 Å². The predicted molar refractivity (Wildman–Crippen MR) is 73.7 cm³/mol. The van der Waals surface area contributed by atoms with Gasteiger partial charge in [-0.05, 0) is 24.5 Å². The van der Waals surface area contributed by atoms with Crippen LogP contribution >= 0.6 is 0 Å². The van der Waals surface area contributed by atoms with Crippen LogP contribution in [0.15, 0.2) is 23.1 Å². The van der Waals surface area contributed by atoms with Gasteiger partial charge in [0.15, 0.2) is 11.5 Å². The van der Waals surface area contributed by atoms with E-state index in [1.54, 1.807) is 6.07 Å². The summed E-state index contributed by atoms with van der Waals surface area (Å²) < 4.78 is 42.4. The Kier molecular flexibility index (Phi) is 4.85. The molecule has 20 heavy (non-hydrogen) atoms. The van der Waals surface area contributed by atoms with Gasteiger partial charge in [0.1, 0.15) is 0 Å². The highest BCUT2D eigenvalue weighted by atomic mass is 32.2. The summed E-state index contributed by atoms with van der Waals surface area (Å²) in [6.07, 6.45) is 0.883. The number of sulfonamides is 1. The van der Waals surface area contributed by atoms with Crippen LogP contribution in [0.3, 0.4) is 0 Å². The summed E-state index contributed by atoms with van der Waals surface area (Å²) in [4.78, 5) is 0.161. The third-order valence-corrected chi connectivity index (χ3v) is 4.67. The van der Waals surface area contributed by atoms with Crippen molar-refractivity contribution in [3.8, 4) is 11.5 Å². The number of ether oxygens (including phenoxy) is 3. The SMILES string of the molecule is COc1ccc(S(=O)(=O)NC[C@H]2CCOC2)cc1OC. The Labute approximate surface area is 119 Å². The summed E-state index contributed by atoms with van der Waals surface area (Å²) >= 11 is 0. The van der Waals surface area contributed by atoms with Crippen molar-refractivity contribution in [2.45, 2.75) is 11.3 Å². The Morgan fingerprint density at radius 3 is 2.65 bits per heavy atom. The van der Waals surface area contributed by atoms with Gasteiger partial charge in [-0.15, -0.1) is 0 Å². The normalized spacial score (nSPS) is 19.0. The summed E-state index contributed by atoms with van der Waals surface area (Å²) in [6, 6.07) is 4.52. The van der Waals surface area contributed by atoms with E-state index in [2.05, 4.69) is 4.72 Å². The highest BCUT2D eigenvalue weighted by molar-refractivity contribution is 7.89. The van der Waals surface area contributed by atoms with E-state index in [0.29, 0.717) is 31.3 Å². The topological polar surface area (TPSA) is 73.9 Å². The summed E-state index contributed by atoms with van der Waals surface area (Å²) in [5.41, 5.74) is 0. The van der Waals surface area contributed by atoms with Crippen LogP contribution < -0.4 is 14.2 Å². The van der Waals surface area contributed by atoms with Crippen molar-refractivity contribution in [3.63, 3.8) is 0 Å².